The molecule has 0 saturated carbocycles. The topological polar surface area (TPSA) is 69.5 Å². The second-order valence-corrected chi connectivity index (χ2v) is 6.75. The SMILES string of the molecule is Cc1nc(C)n(C2CCCN(C(=O)CCOCC3CCCO3)C2)n1. The molecule has 3 rings (SSSR count). The Morgan fingerprint density at radius 3 is 2.92 bits per heavy atom. The first-order valence-corrected chi connectivity index (χ1v) is 9.00. The predicted molar refractivity (Wildman–Crippen MR) is 88.8 cm³/mol. The number of hydrogen-bond donors (Lipinski definition) is 0. The van der Waals surface area contributed by atoms with Gasteiger partial charge in [-0.2, -0.15) is 5.10 Å². The van der Waals surface area contributed by atoms with E-state index >= 15 is 0 Å². The molecule has 2 aliphatic heterocycles. The Balaban J connectivity index is 1.43. The van der Waals surface area contributed by atoms with E-state index < -0.39 is 0 Å². The van der Waals surface area contributed by atoms with E-state index in [1.807, 2.05) is 23.4 Å². The molecule has 7 heteroatoms. The van der Waals surface area contributed by atoms with Crippen molar-refractivity contribution in [3.63, 3.8) is 0 Å². The van der Waals surface area contributed by atoms with Crippen LogP contribution in [0.5, 0.6) is 0 Å². The van der Waals surface area contributed by atoms with Crippen LogP contribution in [-0.4, -0.2) is 64.6 Å². The van der Waals surface area contributed by atoms with Crippen molar-refractivity contribution in [3.8, 4) is 0 Å². The van der Waals surface area contributed by atoms with Gasteiger partial charge in [0.2, 0.25) is 5.91 Å². The van der Waals surface area contributed by atoms with E-state index in [0.29, 0.717) is 26.2 Å². The maximum absolute atomic E-state index is 12.4. The van der Waals surface area contributed by atoms with Gasteiger partial charge in [0, 0.05) is 19.7 Å². The predicted octanol–water partition coefficient (Wildman–Crippen LogP) is 1.64. The summed E-state index contributed by atoms with van der Waals surface area (Å²) >= 11 is 0. The molecule has 0 N–H and O–H groups in total. The smallest absolute Gasteiger partial charge is 0.224 e. The van der Waals surface area contributed by atoms with Crippen LogP contribution in [0.15, 0.2) is 0 Å². The molecule has 7 nitrogen and oxygen atoms in total. The number of aromatic nitrogens is 3. The van der Waals surface area contributed by atoms with Gasteiger partial charge in [-0.05, 0) is 39.5 Å². The van der Waals surface area contributed by atoms with Crippen molar-refractivity contribution in [3.05, 3.63) is 11.6 Å². The van der Waals surface area contributed by atoms with Gasteiger partial charge in [-0.3, -0.25) is 4.79 Å². The second-order valence-electron chi connectivity index (χ2n) is 6.75. The standard InChI is InChI=1S/C17H28N4O3/c1-13-18-14(2)21(19-13)15-5-3-8-20(11-15)17(22)7-10-23-12-16-6-4-9-24-16/h15-16H,3-12H2,1-2H3. The van der Waals surface area contributed by atoms with Gasteiger partial charge < -0.3 is 14.4 Å². The number of carbonyl (C=O) groups excluding carboxylic acids is 1. The minimum absolute atomic E-state index is 0.168. The monoisotopic (exact) mass is 336 g/mol. The molecular weight excluding hydrogens is 308 g/mol. The van der Waals surface area contributed by atoms with E-state index in [1.165, 1.54) is 0 Å². The van der Waals surface area contributed by atoms with E-state index in [9.17, 15) is 4.79 Å². The van der Waals surface area contributed by atoms with Crippen LogP contribution in [-0.2, 0) is 14.3 Å². The Kier molecular flexibility index (Phi) is 5.84. The van der Waals surface area contributed by atoms with E-state index in [0.717, 1.165) is 50.5 Å². The first kappa shape index (κ1) is 17.4. The fourth-order valence-electron chi connectivity index (χ4n) is 3.57. The van der Waals surface area contributed by atoms with E-state index in [2.05, 4.69) is 10.1 Å². The molecule has 2 saturated heterocycles. The fraction of sp³-hybridized carbons (Fsp3) is 0.824. The fourth-order valence-corrected chi connectivity index (χ4v) is 3.57. The first-order chi connectivity index (χ1) is 11.6. The Hall–Kier alpha value is -1.47. The summed E-state index contributed by atoms with van der Waals surface area (Å²) in [5.41, 5.74) is 0. The summed E-state index contributed by atoms with van der Waals surface area (Å²) in [5, 5.41) is 4.48. The minimum Gasteiger partial charge on any atom is -0.378 e. The lowest BCUT2D eigenvalue weighted by atomic mass is 10.1. The molecule has 0 spiro atoms. The zero-order chi connectivity index (χ0) is 16.9. The number of carbonyl (C=O) groups is 1. The van der Waals surface area contributed by atoms with Crippen molar-refractivity contribution < 1.29 is 14.3 Å². The number of hydrogen-bond acceptors (Lipinski definition) is 5. The summed E-state index contributed by atoms with van der Waals surface area (Å²) in [6.45, 7) is 7.33. The molecule has 1 amide bonds. The average molecular weight is 336 g/mol. The quantitative estimate of drug-likeness (QED) is 0.739. The highest BCUT2D eigenvalue weighted by atomic mass is 16.5. The number of likely N-dealkylation sites (tertiary alicyclic amines) is 1. The molecular formula is C17H28N4O3. The molecule has 0 aromatic carbocycles. The molecule has 134 valence electrons. The highest BCUT2D eigenvalue weighted by Crippen LogP contribution is 2.22. The molecule has 0 aliphatic carbocycles. The molecule has 1 aromatic heterocycles. The van der Waals surface area contributed by atoms with Gasteiger partial charge in [0.05, 0.1) is 31.8 Å². The minimum atomic E-state index is 0.168. The Bertz CT molecular complexity index is 554. The zero-order valence-electron chi connectivity index (χ0n) is 14.7. The van der Waals surface area contributed by atoms with Crippen molar-refractivity contribution >= 4 is 5.91 Å². The van der Waals surface area contributed by atoms with Gasteiger partial charge in [-0.15, -0.1) is 0 Å². The number of amides is 1. The first-order valence-electron chi connectivity index (χ1n) is 9.00. The highest BCUT2D eigenvalue weighted by molar-refractivity contribution is 5.76. The molecule has 2 unspecified atom stereocenters. The summed E-state index contributed by atoms with van der Waals surface area (Å²) in [5.74, 6) is 1.88. The molecule has 2 aliphatic rings. The summed E-state index contributed by atoms with van der Waals surface area (Å²) in [7, 11) is 0. The van der Waals surface area contributed by atoms with Gasteiger partial charge in [0.25, 0.3) is 0 Å². The van der Waals surface area contributed by atoms with Crippen LogP contribution in [0, 0.1) is 13.8 Å². The van der Waals surface area contributed by atoms with Crippen molar-refractivity contribution in [2.24, 2.45) is 0 Å². The summed E-state index contributed by atoms with van der Waals surface area (Å²) in [6.07, 6.45) is 4.89. The largest absolute Gasteiger partial charge is 0.378 e. The molecule has 3 heterocycles. The normalized spacial score (nSPS) is 24.5. The molecule has 24 heavy (non-hydrogen) atoms. The average Bonchev–Trinajstić information content (AvgIpc) is 3.21. The molecule has 0 radical (unpaired) electrons. The molecule has 1 aromatic rings. The number of ether oxygens (including phenoxy) is 2. The van der Waals surface area contributed by atoms with E-state index in [-0.39, 0.29) is 18.1 Å². The lowest BCUT2D eigenvalue weighted by Crippen LogP contribution is -2.41. The number of nitrogens with zero attached hydrogens (tertiary/aromatic N) is 4. The van der Waals surface area contributed by atoms with Gasteiger partial charge in [0.1, 0.15) is 11.6 Å². The van der Waals surface area contributed by atoms with Crippen LogP contribution in [0.4, 0.5) is 0 Å². The second kappa shape index (κ2) is 8.07. The lowest BCUT2D eigenvalue weighted by Gasteiger charge is -2.33. The summed E-state index contributed by atoms with van der Waals surface area (Å²) < 4.78 is 13.1. The Labute approximate surface area is 143 Å². The van der Waals surface area contributed by atoms with Crippen molar-refractivity contribution in [2.75, 3.05) is 32.9 Å². The number of aryl methyl sites for hydroxylation is 2. The van der Waals surface area contributed by atoms with Crippen LogP contribution >= 0.6 is 0 Å². The van der Waals surface area contributed by atoms with Crippen LogP contribution in [0.25, 0.3) is 0 Å². The van der Waals surface area contributed by atoms with Crippen LogP contribution in [0.1, 0.15) is 49.8 Å². The highest BCUT2D eigenvalue weighted by Gasteiger charge is 2.26. The van der Waals surface area contributed by atoms with E-state index in [4.69, 9.17) is 9.47 Å². The van der Waals surface area contributed by atoms with Gasteiger partial charge in [-0.25, -0.2) is 9.67 Å². The van der Waals surface area contributed by atoms with Gasteiger partial charge in [-0.1, -0.05) is 0 Å². The van der Waals surface area contributed by atoms with Crippen LogP contribution in [0.2, 0.25) is 0 Å². The summed E-state index contributed by atoms with van der Waals surface area (Å²) in [4.78, 5) is 18.7. The zero-order valence-corrected chi connectivity index (χ0v) is 14.7. The molecule has 0 bridgehead atoms. The lowest BCUT2D eigenvalue weighted by molar-refractivity contribution is -0.134. The van der Waals surface area contributed by atoms with Crippen molar-refractivity contribution in [2.45, 2.75) is 58.1 Å². The maximum atomic E-state index is 12.4. The van der Waals surface area contributed by atoms with Crippen molar-refractivity contribution in [1.29, 1.82) is 0 Å². The third-order valence-electron chi connectivity index (χ3n) is 4.79. The maximum Gasteiger partial charge on any atom is 0.224 e. The van der Waals surface area contributed by atoms with Gasteiger partial charge >= 0.3 is 0 Å². The number of piperidine rings is 1. The number of rotatable bonds is 6. The Morgan fingerprint density at radius 2 is 2.21 bits per heavy atom. The van der Waals surface area contributed by atoms with Crippen LogP contribution < -0.4 is 0 Å². The molecule has 2 fully saturated rings. The van der Waals surface area contributed by atoms with Gasteiger partial charge in [0.15, 0.2) is 0 Å². The van der Waals surface area contributed by atoms with E-state index in [1.54, 1.807) is 0 Å². The van der Waals surface area contributed by atoms with Crippen molar-refractivity contribution in [1.82, 2.24) is 19.7 Å². The van der Waals surface area contributed by atoms with Crippen LogP contribution in [0.3, 0.4) is 0 Å². The third-order valence-corrected chi connectivity index (χ3v) is 4.79. The third kappa shape index (κ3) is 4.33. The molecule has 2 atom stereocenters. The Morgan fingerprint density at radius 1 is 1.33 bits per heavy atom. The summed E-state index contributed by atoms with van der Waals surface area (Å²) in [6, 6.07) is 0.233.